The van der Waals surface area contributed by atoms with Crippen LogP contribution in [-0.2, 0) is 6.42 Å². The van der Waals surface area contributed by atoms with E-state index in [-0.39, 0.29) is 17.4 Å². The summed E-state index contributed by atoms with van der Waals surface area (Å²) in [7, 11) is 0. The van der Waals surface area contributed by atoms with Crippen molar-refractivity contribution in [3.05, 3.63) is 64.9 Å². The summed E-state index contributed by atoms with van der Waals surface area (Å²) in [4.78, 5) is 6.90. The van der Waals surface area contributed by atoms with Crippen LogP contribution < -0.4 is 4.74 Å². The number of likely N-dealkylation sites (tertiary alicyclic amines) is 1. The molecule has 0 amide bonds. The molecule has 0 spiro atoms. The van der Waals surface area contributed by atoms with Crippen LogP contribution in [0.2, 0.25) is 0 Å². The van der Waals surface area contributed by atoms with Gasteiger partial charge in [-0.05, 0) is 37.9 Å². The van der Waals surface area contributed by atoms with Gasteiger partial charge in [0.15, 0.2) is 0 Å². The Morgan fingerprint density at radius 1 is 1.13 bits per heavy atom. The molecule has 2 aromatic carbocycles. The zero-order chi connectivity index (χ0) is 27.9. The fourth-order valence-electron chi connectivity index (χ4n) is 5.87. The van der Waals surface area contributed by atoms with Gasteiger partial charge in [0.2, 0.25) is 0 Å². The molecule has 2 aliphatic rings. The maximum atomic E-state index is 15.8. The average Bonchev–Trinajstić information content (AvgIpc) is 3.21. The smallest absolute Gasteiger partial charge is 0.395 e. The van der Waals surface area contributed by atoms with Crippen LogP contribution in [0, 0.1) is 17.6 Å². The van der Waals surface area contributed by atoms with E-state index in [2.05, 4.69) is 16.8 Å². The van der Waals surface area contributed by atoms with E-state index in [4.69, 9.17) is 4.74 Å². The number of aliphatic hydroxyl groups is 1. The van der Waals surface area contributed by atoms with E-state index in [9.17, 15) is 18.3 Å². The van der Waals surface area contributed by atoms with E-state index in [0.29, 0.717) is 25.2 Å². The highest BCUT2D eigenvalue weighted by Crippen LogP contribution is 2.44. The lowest BCUT2D eigenvalue weighted by Gasteiger charge is -2.43. The number of nitrogens with zero attached hydrogens (tertiary/aromatic N) is 2. The van der Waals surface area contributed by atoms with Gasteiger partial charge in [-0.15, -0.1) is 0 Å². The van der Waals surface area contributed by atoms with Crippen LogP contribution in [0.3, 0.4) is 0 Å². The second-order valence-electron chi connectivity index (χ2n) is 10.8. The standard InChI is InChI=1S/C29H34F5N3O2/c1-3-4-9-36-14-20(15-36)39-19-11-23(30)26(24(31)12-19)28-27-22(21-7-5-6-8-25(21)35-27)10-17(2)37(28)13-18(16-38)29(32,33)34/h5-8,11-12,17-18,20,28,35,38H,3-4,9-10,13-16H2,1-2H3/t17-,18+,28-/m1/s1. The number of fused-ring (bicyclic) bond motifs is 3. The Morgan fingerprint density at radius 2 is 1.82 bits per heavy atom. The first-order valence-electron chi connectivity index (χ1n) is 13.5. The Hall–Kier alpha value is -2.69. The van der Waals surface area contributed by atoms with Crippen molar-refractivity contribution in [2.75, 3.05) is 32.8 Å². The molecule has 0 radical (unpaired) electrons. The molecule has 0 unspecified atom stereocenters. The van der Waals surface area contributed by atoms with Gasteiger partial charge < -0.3 is 14.8 Å². The summed E-state index contributed by atoms with van der Waals surface area (Å²) in [6, 6.07) is 8.03. The number of rotatable bonds is 9. The highest BCUT2D eigenvalue weighted by Gasteiger charge is 2.45. The third-order valence-electron chi connectivity index (χ3n) is 8.01. The SMILES string of the molecule is CCCCN1CC(Oc2cc(F)c([C@@H]3c4[nH]c5ccccc5c4C[C@@H](C)N3C[C@@H](CO)C(F)(F)F)c(F)c2)C1. The average molecular weight is 552 g/mol. The zero-order valence-electron chi connectivity index (χ0n) is 22.1. The predicted octanol–water partition coefficient (Wildman–Crippen LogP) is 5.82. The molecule has 0 bridgehead atoms. The van der Waals surface area contributed by atoms with Gasteiger partial charge in [-0.3, -0.25) is 9.80 Å². The van der Waals surface area contributed by atoms with E-state index in [1.54, 1.807) is 6.92 Å². The molecule has 1 saturated heterocycles. The van der Waals surface area contributed by atoms with E-state index >= 15 is 8.78 Å². The molecule has 3 atom stereocenters. The molecule has 0 saturated carbocycles. The highest BCUT2D eigenvalue weighted by molar-refractivity contribution is 5.85. The Morgan fingerprint density at radius 3 is 2.46 bits per heavy atom. The highest BCUT2D eigenvalue weighted by atomic mass is 19.4. The molecule has 0 aliphatic carbocycles. The van der Waals surface area contributed by atoms with E-state index in [1.807, 2.05) is 24.3 Å². The number of benzene rings is 2. The molecule has 5 rings (SSSR count). The Kier molecular flexibility index (Phi) is 7.90. The first-order valence-corrected chi connectivity index (χ1v) is 13.5. The summed E-state index contributed by atoms with van der Waals surface area (Å²) in [5.41, 5.74) is 1.70. The van der Waals surface area contributed by atoms with Crippen LogP contribution in [0.25, 0.3) is 10.9 Å². The van der Waals surface area contributed by atoms with E-state index in [1.165, 1.54) is 4.90 Å². The van der Waals surface area contributed by atoms with Gasteiger partial charge in [-0.25, -0.2) is 8.78 Å². The summed E-state index contributed by atoms with van der Waals surface area (Å²) in [5.74, 6) is -3.76. The maximum Gasteiger partial charge on any atom is 0.395 e. The lowest BCUT2D eigenvalue weighted by atomic mass is 9.87. The minimum absolute atomic E-state index is 0.0599. The molecular weight excluding hydrogens is 517 g/mol. The number of unbranched alkanes of at least 4 members (excludes halogenated alkanes) is 1. The molecule has 1 fully saturated rings. The molecule has 2 aliphatic heterocycles. The molecular formula is C29H34F5N3O2. The van der Waals surface area contributed by atoms with E-state index in [0.717, 1.165) is 48.0 Å². The summed E-state index contributed by atoms with van der Waals surface area (Å²) in [6.45, 7) is 4.44. The molecule has 1 aromatic heterocycles. The van der Waals surface area contributed by atoms with Crippen LogP contribution in [0.4, 0.5) is 22.0 Å². The number of aliphatic hydroxyl groups excluding tert-OH is 1. The van der Waals surface area contributed by atoms with Crippen LogP contribution in [0.5, 0.6) is 5.75 Å². The van der Waals surface area contributed by atoms with Gasteiger partial charge in [0.25, 0.3) is 0 Å². The number of aromatic nitrogens is 1. The van der Waals surface area contributed by atoms with Crippen molar-refractivity contribution in [3.63, 3.8) is 0 Å². The maximum absolute atomic E-state index is 15.8. The quantitative estimate of drug-likeness (QED) is 0.330. The third kappa shape index (κ3) is 5.51. The molecule has 39 heavy (non-hydrogen) atoms. The minimum Gasteiger partial charge on any atom is -0.488 e. The van der Waals surface area contributed by atoms with Crippen LogP contribution in [0.1, 0.15) is 49.6 Å². The number of ether oxygens (including phenoxy) is 1. The Balaban J connectivity index is 1.51. The number of hydrogen-bond acceptors (Lipinski definition) is 4. The van der Waals surface area contributed by atoms with Gasteiger partial charge >= 0.3 is 6.18 Å². The lowest BCUT2D eigenvalue weighted by Crippen LogP contribution is -2.53. The first-order chi connectivity index (χ1) is 18.6. The number of H-pyrrole nitrogens is 1. The van der Waals surface area contributed by atoms with Gasteiger partial charge in [-0.2, -0.15) is 13.2 Å². The minimum atomic E-state index is -4.66. The normalized spacial score (nSPS) is 21.6. The van der Waals surface area contributed by atoms with Crippen LogP contribution in [0.15, 0.2) is 36.4 Å². The zero-order valence-corrected chi connectivity index (χ0v) is 22.1. The number of nitrogens with one attached hydrogen (secondary N) is 1. The number of hydrogen-bond donors (Lipinski definition) is 2. The fourth-order valence-corrected chi connectivity index (χ4v) is 5.87. The molecule has 3 aromatic rings. The van der Waals surface area contributed by atoms with Crippen molar-refractivity contribution in [3.8, 4) is 5.75 Å². The summed E-state index contributed by atoms with van der Waals surface area (Å²) >= 11 is 0. The Labute approximate surface area is 224 Å². The predicted molar refractivity (Wildman–Crippen MR) is 139 cm³/mol. The molecule has 3 heterocycles. The first kappa shape index (κ1) is 27.9. The number of halogens is 5. The summed E-state index contributed by atoms with van der Waals surface area (Å²) < 4.78 is 78.5. The summed E-state index contributed by atoms with van der Waals surface area (Å²) in [5, 5.41) is 10.4. The van der Waals surface area contributed by atoms with Gasteiger partial charge in [0.05, 0.1) is 18.6 Å². The van der Waals surface area contributed by atoms with Crippen molar-refractivity contribution in [2.24, 2.45) is 5.92 Å². The topological polar surface area (TPSA) is 51.7 Å². The third-order valence-corrected chi connectivity index (χ3v) is 8.01. The lowest BCUT2D eigenvalue weighted by molar-refractivity contribution is -0.191. The molecule has 212 valence electrons. The van der Waals surface area contributed by atoms with Crippen molar-refractivity contribution >= 4 is 10.9 Å². The van der Waals surface area contributed by atoms with Crippen molar-refractivity contribution in [1.82, 2.24) is 14.8 Å². The number of aromatic amines is 1. The second kappa shape index (κ2) is 11.1. The van der Waals surface area contributed by atoms with Crippen molar-refractivity contribution < 1.29 is 31.8 Å². The van der Waals surface area contributed by atoms with Crippen LogP contribution in [-0.4, -0.2) is 71.0 Å². The van der Waals surface area contributed by atoms with Gasteiger partial charge in [-0.1, -0.05) is 31.5 Å². The summed E-state index contributed by atoms with van der Waals surface area (Å²) in [6.07, 6.45) is -2.29. The molecule has 10 heteroatoms. The molecule has 2 N–H and O–H groups in total. The van der Waals surface area contributed by atoms with Crippen molar-refractivity contribution in [2.45, 2.75) is 57.5 Å². The Bertz CT molecular complexity index is 1280. The molecule has 5 nitrogen and oxygen atoms in total. The largest absolute Gasteiger partial charge is 0.488 e. The monoisotopic (exact) mass is 551 g/mol. The van der Waals surface area contributed by atoms with E-state index < -0.39 is 49.0 Å². The second-order valence-corrected chi connectivity index (χ2v) is 10.8. The number of para-hydroxylation sites is 1. The van der Waals surface area contributed by atoms with Gasteiger partial charge in [0.1, 0.15) is 23.5 Å². The van der Waals surface area contributed by atoms with Crippen LogP contribution >= 0.6 is 0 Å². The van der Waals surface area contributed by atoms with Crippen molar-refractivity contribution in [1.29, 1.82) is 0 Å². The van der Waals surface area contributed by atoms with Gasteiger partial charge in [0, 0.05) is 60.0 Å². The fraction of sp³-hybridized carbons (Fsp3) is 0.517. The number of alkyl halides is 3.